The van der Waals surface area contributed by atoms with E-state index in [4.69, 9.17) is 5.73 Å². The van der Waals surface area contributed by atoms with Crippen LogP contribution in [-0.2, 0) is 0 Å². The first kappa shape index (κ1) is 10.4. The maximum absolute atomic E-state index is 12.9. The monoisotopic (exact) mass is 212 g/mol. The molecule has 1 saturated carbocycles. The van der Waals surface area contributed by atoms with Gasteiger partial charge in [0.05, 0.1) is 0 Å². The zero-order valence-electron chi connectivity index (χ0n) is 8.34. The van der Waals surface area contributed by atoms with Gasteiger partial charge in [0, 0.05) is 23.8 Å². The second kappa shape index (κ2) is 4.14. The molecule has 0 aromatic heterocycles. The average Bonchev–Trinajstić information content (AvgIpc) is 2.50. The maximum Gasteiger partial charge on any atom is 0.128 e. The Bertz CT molecular complexity index is 334. The van der Waals surface area contributed by atoms with E-state index in [1.54, 1.807) is 0 Å². The predicted molar refractivity (Wildman–Crippen MR) is 55.6 cm³/mol. The van der Waals surface area contributed by atoms with Crippen LogP contribution in [-0.4, -0.2) is 12.1 Å². The lowest BCUT2D eigenvalue weighted by Gasteiger charge is -2.18. The normalized spacial score (nSPS) is 25.5. The van der Waals surface area contributed by atoms with Crippen LogP contribution in [0.4, 0.5) is 14.5 Å². The Morgan fingerprint density at radius 1 is 1.13 bits per heavy atom. The maximum atomic E-state index is 12.9. The molecule has 0 aliphatic heterocycles. The van der Waals surface area contributed by atoms with Crippen molar-refractivity contribution >= 4 is 5.69 Å². The minimum atomic E-state index is -0.566. The van der Waals surface area contributed by atoms with Gasteiger partial charge in [0.15, 0.2) is 0 Å². The van der Waals surface area contributed by atoms with Gasteiger partial charge in [-0.3, -0.25) is 0 Å². The smallest absolute Gasteiger partial charge is 0.128 e. The van der Waals surface area contributed by atoms with Crippen LogP contribution in [0.5, 0.6) is 0 Å². The van der Waals surface area contributed by atoms with Gasteiger partial charge in [-0.15, -0.1) is 0 Å². The first-order valence-corrected chi connectivity index (χ1v) is 5.13. The summed E-state index contributed by atoms with van der Waals surface area (Å²) in [5.74, 6) is -1.13. The van der Waals surface area contributed by atoms with E-state index in [1.807, 2.05) is 0 Å². The molecule has 0 bridgehead atoms. The summed E-state index contributed by atoms with van der Waals surface area (Å²) in [4.78, 5) is 0. The molecule has 0 saturated heterocycles. The van der Waals surface area contributed by atoms with Crippen LogP contribution < -0.4 is 11.1 Å². The Kier molecular flexibility index (Phi) is 2.86. The number of nitrogens with two attached hydrogens (primary N) is 1. The molecule has 82 valence electrons. The van der Waals surface area contributed by atoms with Crippen molar-refractivity contribution in [3.05, 3.63) is 29.8 Å². The number of anilines is 1. The van der Waals surface area contributed by atoms with Crippen molar-refractivity contribution in [2.75, 3.05) is 5.32 Å². The highest BCUT2D eigenvalue weighted by molar-refractivity contribution is 5.45. The largest absolute Gasteiger partial charge is 0.381 e. The van der Waals surface area contributed by atoms with Crippen LogP contribution >= 0.6 is 0 Å². The van der Waals surface area contributed by atoms with Gasteiger partial charge >= 0.3 is 0 Å². The highest BCUT2D eigenvalue weighted by Crippen LogP contribution is 2.22. The number of nitrogens with one attached hydrogen (secondary N) is 1. The Hall–Kier alpha value is -1.16. The topological polar surface area (TPSA) is 38.0 Å². The number of hydrogen-bond donors (Lipinski definition) is 2. The second-order valence-corrected chi connectivity index (χ2v) is 4.00. The third-order valence-electron chi connectivity index (χ3n) is 2.78. The zero-order valence-corrected chi connectivity index (χ0v) is 8.34. The van der Waals surface area contributed by atoms with Gasteiger partial charge in [0.1, 0.15) is 11.6 Å². The quantitative estimate of drug-likeness (QED) is 0.789. The molecule has 0 radical (unpaired) electrons. The van der Waals surface area contributed by atoms with Crippen LogP contribution in [0, 0.1) is 11.6 Å². The number of rotatable bonds is 2. The molecule has 1 fully saturated rings. The van der Waals surface area contributed by atoms with Gasteiger partial charge < -0.3 is 11.1 Å². The standard InChI is InChI=1S/C11H14F2N2/c12-7-4-8(13)6-9(5-7)15-11-3-1-2-10(11)14/h4-6,10-11,15H,1-3,14H2/t10-,11+/m1/s1. The molecule has 1 aliphatic rings. The van der Waals surface area contributed by atoms with Crippen LogP contribution in [0.3, 0.4) is 0 Å². The molecule has 0 spiro atoms. The average molecular weight is 212 g/mol. The number of benzene rings is 1. The first-order chi connectivity index (χ1) is 7.15. The summed E-state index contributed by atoms with van der Waals surface area (Å²) in [6.45, 7) is 0. The molecule has 0 amide bonds. The molecule has 2 atom stereocenters. The van der Waals surface area contributed by atoms with Crippen LogP contribution in [0.25, 0.3) is 0 Å². The number of halogens is 2. The molecule has 4 heteroatoms. The molecule has 3 N–H and O–H groups in total. The van der Waals surface area contributed by atoms with Gasteiger partial charge in [-0.2, -0.15) is 0 Å². The molecule has 2 rings (SSSR count). The summed E-state index contributed by atoms with van der Waals surface area (Å²) in [7, 11) is 0. The summed E-state index contributed by atoms with van der Waals surface area (Å²) >= 11 is 0. The van der Waals surface area contributed by atoms with Gasteiger partial charge in [-0.05, 0) is 31.4 Å². The van der Waals surface area contributed by atoms with Crippen LogP contribution in [0.15, 0.2) is 18.2 Å². The van der Waals surface area contributed by atoms with E-state index in [0.717, 1.165) is 25.3 Å². The highest BCUT2D eigenvalue weighted by atomic mass is 19.1. The number of hydrogen-bond acceptors (Lipinski definition) is 2. The molecule has 2 nitrogen and oxygen atoms in total. The third-order valence-corrected chi connectivity index (χ3v) is 2.78. The van der Waals surface area contributed by atoms with Crippen molar-refractivity contribution in [3.8, 4) is 0 Å². The molecule has 0 heterocycles. The Morgan fingerprint density at radius 2 is 1.80 bits per heavy atom. The lowest BCUT2D eigenvalue weighted by Crippen LogP contribution is -2.35. The van der Waals surface area contributed by atoms with E-state index in [9.17, 15) is 8.78 Å². The van der Waals surface area contributed by atoms with Gasteiger partial charge in [-0.25, -0.2) is 8.78 Å². The summed E-state index contributed by atoms with van der Waals surface area (Å²) in [6, 6.07) is 3.64. The summed E-state index contributed by atoms with van der Waals surface area (Å²) < 4.78 is 25.8. The van der Waals surface area contributed by atoms with E-state index >= 15 is 0 Å². The van der Waals surface area contributed by atoms with E-state index in [-0.39, 0.29) is 12.1 Å². The Balaban J connectivity index is 2.10. The lowest BCUT2D eigenvalue weighted by atomic mass is 10.1. The fraction of sp³-hybridized carbons (Fsp3) is 0.455. The highest BCUT2D eigenvalue weighted by Gasteiger charge is 2.23. The van der Waals surface area contributed by atoms with Crippen molar-refractivity contribution in [3.63, 3.8) is 0 Å². The predicted octanol–water partition coefficient (Wildman–Crippen LogP) is 2.26. The SMILES string of the molecule is N[C@@H]1CCC[C@@H]1Nc1cc(F)cc(F)c1. The van der Waals surface area contributed by atoms with Gasteiger partial charge in [0.25, 0.3) is 0 Å². The molecule has 1 aliphatic carbocycles. The lowest BCUT2D eigenvalue weighted by molar-refractivity contribution is 0.581. The summed E-state index contributed by atoms with van der Waals surface area (Å²) in [5, 5.41) is 3.07. The Labute approximate surface area is 87.5 Å². The third kappa shape index (κ3) is 2.45. The summed E-state index contributed by atoms with van der Waals surface area (Å²) in [6.07, 6.45) is 2.99. The van der Waals surface area contributed by atoms with Gasteiger partial charge in [-0.1, -0.05) is 0 Å². The fourth-order valence-corrected chi connectivity index (χ4v) is 2.02. The molecule has 15 heavy (non-hydrogen) atoms. The van der Waals surface area contributed by atoms with Crippen molar-refractivity contribution < 1.29 is 8.78 Å². The van der Waals surface area contributed by atoms with Crippen molar-refractivity contribution in [1.82, 2.24) is 0 Å². The minimum absolute atomic E-state index is 0.0799. The van der Waals surface area contributed by atoms with Gasteiger partial charge in [0.2, 0.25) is 0 Å². The summed E-state index contributed by atoms with van der Waals surface area (Å²) in [5.41, 5.74) is 6.32. The zero-order chi connectivity index (χ0) is 10.8. The molecule has 0 unspecified atom stereocenters. The van der Waals surface area contributed by atoms with E-state index in [1.165, 1.54) is 12.1 Å². The van der Waals surface area contributed by atoms with E-state index < -0.39 is 11.6 Å². The van der Waals surface area contributed by atoms with Crippen molar-refractivity contribution in [2.24, 2.45) is 5.73 Å². The second-order valence-electron chi connectivity index (χ2n) is 4.00. The Morgan fingerprint density at radius 3 is 2.33 bits per heavy atom. The first-order valence-electron chi connectivity index (χ1n) is 5.13. The van der Waals surface area contributed by atoms with Crippen molar-refractivity contribution in [1.29, 1.82) is 0 Å². The fourth-order valence-electron chi connectivity index (χ4n) is 2.02. The molecule has 1 aromatic rings. The van der Waals surface area contributed by atoms with Crippen molar-refractivity contribution in [2.45, 2.75) is 31.3 Å². The molecule has 1 aromatic carbocycles. The molecular weight excluding hydrogens is 198 g/mol. The van der Waals surface area contributed by atoms with Crippen LogP contribution in [0.1, 0.15) is 19.3 Å². The van der Waals surface area contributed by atoms with E-state index in [0.29, 0.717) is 5.69 Å². The minimum Gasteiger partial charge on any atom is -0.381 e. The van der Waals surface area contributed by atoms with E-state index in [2.05, 4.69) is 5.32 Å². The van der Waals surface area contributed by atoms with Crippen LogP contribution in [0.2, 0.25) is 0 Å². The molecular formula is C11H14F2N2.